The van der Waals surface area contributed by atoms with Crippen molar-refractivity contribution in [2.24, 2.45) is 0 Å². The first kappa shape index (κ1) is 16.8. The Morgan fingerprint density at radius 2 is 1.32 bits per heavy atom. The zero-order valence-electron chi connectivity index (χ0n) is 12.1. The molecule has 0 N–H and O–H groups in total. The van der Waals surface area contributed by atoms with Crippen LogP contribution in [-0.4, -0.2) is 4.75 Å². The highest BCUT2D eigenvalue weighted by atomic mass is 32.2. The summed E-state index contributed by atoms with van der Waals surface area (Å²) in [5, 5.41) is 0.101. The Kier molecular flexibility index (Phi) is 4.69. The lowest BCUT2D eigenvalue weighted by molar-refractivity contribution is 0.428. The van der Waals surface area contributed by atoms with E-state index in [2.05, 4.69) is 9.24 Å². The van der Waals surface area contributed by atoms with Gasteiger partial charge in [-0.3, -0.25) is 0 Å². The van der Waals surface area contributed by atoms with Crippen LogP contribution in [0.1, 0.15) is 47.1 Å². The van der Waals surface area contributed by atoms with Crippen LogP contribution in [0.5, 0.6) is 0 Å². The summed E-state index contributed by atoms with van der Waals surface area (Å²) in [6, 6.07) is 0. The number of rotatable bonds is 1. The number of thioether (sulfide) groups is 1. The van der Waals surface area contributed by atoms with Crippen LogP contribution in [0, 0.1) is 17.5 Å². The van der Waals surface area contributed by atoms with Gasteiger partial charge in [0.2, 0.25) is 0 Å². The fraction of sp³-hybridized carbons (Fsp3) is 0.571. The third kappa shape index (κ3) is 3.66. The average Bonchev–Trinajstić information content (AvgIpc) is 2.18. The molecule has 0 aliphatic carbocycles. The van der Waals surface area contributed by atoms with Crippen molar-refractivity contribution in [2.45, 2.75) is 56.6 Å². The summed E-state index contributed by atoms with van der Waals surface area (Å²) >= 11 is 1.13. The molecule has 1 unspecified atom stereocenters. The van der Waals surface area contributed by atoms with Crippen molar-refractivity contribution in [1.82, 2.24) is 0 Å². The van der Waals surface area contributed by atoms with Gasteiger partial charge >= 0.3 is 0 Å². The zero-order valence-corrected chi connectivity index (χ0v) is 14.1. The van der Waals surface area contributed by atoms with E-state index in [1.807, 2.05) is 20.8 Å². The quantitative estimate of drug-likeness (QED) is 0.408. The van der Waals surface area contributed by atoms with E-state index in [4.69, 9.17) is 0 Å². The minimum atomic E-state index is -1.08. The van der Waals surface area contributed by atoms with Gasteiger partial charge in [-0.2, -0.15) is 0 Å². The van der Waals surface area contributed by atoms with Gasteiger partial charge in [0, 0.05) is 15.6 Å². The zero-order chi connectivity index (χ0) is 15.2. The fourth-order valence-electron chi connectivity index (χ4n) is 1.72. The minimum absolute atomic E-state index is 0.0282. The summed E-state index contributed by atoms with van der Waals surface area (Å²) in [6.07, 6.45) is 0. The molecule has 0 aromatic heterocycles. The van der Waals surface area contributed by atoms with Gasteiger partial charge in [0.15, 0.2) is 11.6 Å². The first-order valence-electron chi connectivity index (χ1n) is 6.01. The summed E-state index contributed by atoms with van der Waals surface area (Å²) in [5.74, 6) is -2.72. The molecule has 0 aliphatic rings. The predicted octanol–water partition coefficient (Wildman–Crippen LogP) is 4.79. The van der Waals surface area contributed by atoms with Gasteiger partial charge in [-0.15, -0.1) is 21.0 Å². The lowest BCUT2D eigenvalue weighted by Crippen LogP contribution is -2.24. The normalized spacial score (nSPS) is 12.9. The van der Waals surface area contributed by atoms with Crippen molar-refractivity contribution in [1.29, 1.82) is 0 Å². The van der Waals surface area contributed by atoms with E-state index in [0.717, 1.165) is 11.8 Å². The molecule has 19 heavy (non-hydrogen) atoms. The Balaban J connectivity index is 3.57. The first-order chi connectivity index (χ1) is 8.36. The summed E-state index contributed by atoms with van der Waals surface area (Å²) in [5.41, 5.74) is -0.987. The van der Waals surface area contributed by atoms with Crippen LogP contribution in [0.25, 0.3) is 0 Å². The van der Waals surface area contributed by atoms with Crippen LogP contribution in [0.15, 0.2) is 4.90 Å². The van der Waals surface area contributed by atoms with Crippen molar-refractivity contribution >= 4 is 26.3 Å². The molecule has 0 spiro atoms. The van der Waals surface area contributed by atoms with Gasteiger partial charge < -0.3 is 0 Å². The van der Waals surface area contributed by atoms with Gasteiger partial charge in [0.25, 0.3) is 0 Å². The number of benzene rings is 1. The summed E-state index contributed by atoms with van der Waals surface area (Å²) in [7, 11) is 2.19. The van der Waals surface area contributed by atoms with E-state index in [0.29, 0.717) is 0 Å². The van der Waals surface area contributed by atoms with E-state index in [9.17, 15) is 13.2 Å². The second-order valence-corrected chi connectivity index (χ2v) is 8.94. The van der Waals surface area contributed by atoms with Crippen molar-refractivity contribution in [3.8, 4) is 0 Å². The van der Waals surface area contributed by atoms with Crippen LogP contribution in [-0.2, 0) is 5.41 Å². The highest BCUT2D eigenvalue weighted by Crippen LogP contribution is 2.38. The van der Waals surface area contributed by atoms with E-state index >= 15 is 0 Å². The molecule has 0 aliphatic heterocycles. The van der Waals surface area contributed by atoms with E-state index in [1.165, 1.54) is 0 Å². The smallest absolute Gasteiger partial charge is 0.173 e. The molecule has 1 rings (SSSR count). The molecule has 0 nitrogen and oxygen atoms in total. The predicted molar refractivity (Wildman–Crippen MR) is 80.0 cm³/mol. The molecule has 0 amide bonds. The van der Waals surface area contributed by atoms with Crippen LogP contribution >= 0.6 is 21.0 Å². The van der Waals surface area contributed by atoms with Crippen LogP contribution in [0.3, 0.4) is 0 Å². The summed E-state index contributed by atoms with van der Waals surface area (Å²) in [4.78, 5) is 0.0282. The van der Waals surface area contributed by atoms with Crippen molar-refractivity contribution in [2.75, 3.05) is 0 Å². The maximum Gasteiger partial charge on any atom is 0.173 e. The SMILES string of the molecule is CC(C)(C)Sc1c(F)c(F)c(C(C)(C)C)c(F)c1P. The molecule has 0 saturated heterocycles. The Morgan fingerprint density at radius 1 is 0.842 bits per heavy atom. The second kappa shape index (κ2) is 5.29. The standard InChI is InChI=1S/C14H20F3PS/c1-13(2,3)7-8(15)10(17)12(11(18)9(7)16)19-14(4,5)6/h18H2,1-6H3. The Labute approximate surface area is 119 Å². The van der Waals surface area contributed by atoms with Gasteiger partial charge in [0.05, 0.1) is 4.90 Å². The van der Waals surface area contributed by atoms with Gasteiger partial charge in [-0.1, -0.05) is 41.5 Å². The first-order valence-corrected chi connectivity index (χ1v) is 7.41. The average molecular weight is 308 g/mol. The molecule has 0 saturated carbocycles. The molecule has 108 valence electrons. The molecular formula is C14H20F3PS. The fourth-order valence-corrected chi connectivity index (χ4v) is 3.16. The number of hydrogen-bond acceptors (Lipinski definition) is 1. The lowest BCUT2D eigenvalue weighted by Gasteiger charge is -2.25. The topological polar surface area (TPSA) is 0 Å². The molecule has 0 fully saturated rings. The largest absolute Gasteiger partial charge is 0.206 e. The molecule has 0 heterocycles. The molecule has 1 atom stereocenters. The molecule has 5 heteroatoms. The molecule has 0 bridgehead atoms. The van der Waals surface area contributed by atoms with Crippen LogP contribution < -0.4 is 5.30 Å². The Bertz CT molecular complexity index is 470. The van der Waals surface area contributed by atoms with Crippen molar-refractivity contribution in [3.05, 3.63) is 23.0 Å². The van der Waals surface area contributed by atoms with Crippen LogP contribution in [0.2, 0.25) is 0 Å². The van der Waals surface area contributed by atoms with Gasteiger partial charge in [0.1, 0.15) is 5.82 Å². The van der Waals surface area contributed by atoms with Crippen molar-refractivity contribution < 1.29 is 13.2 Å². The highest BCUT2D eigenvalue weighted by Gasteiger charge is 2.31. The number of hydrogen-bond donors (Lipinski definition) is 0. The monoisotopic (exact) mass is 308 g/mol. The summed E-state index contributed by atoms with van der Waals surface area (Å²) in [6.45, 7) is 10.6. The third-order valence-corrected chi connectivity index (χ3v) is 4.44. The van der Waals surface area contributed by atoms with E-state index in [-0.39, 0.29) is 20.5 Å². The van der Waals surface area contributed by atoms with Gasteiger partial charge in [-0.05, 0) is 5.41 Å². The third-order valence-electron chi connectivity index (χ3n) is 2.47. The van der Waals surface area contributed by atoms with Crippen LogP contribution in [0.4, 0.5) is 13.2 Å². The molecular weight excluding hydrogens is 288 g/mol. The highest BCUT2D eigenvalue weighted by molar-refractivity contribution is 8.01. The minimum Gasteiger partial charge on any atom is -0.206 e. The molecule has 0 radical (unpaired) electrons. The number of halogens is 3. The maximum absolute atomic E-state index is 14.3. The molecule has 1 aromatic carbocycles. The Morgan fingerprint density at radius 3 is 1.68 bits per heavy atom. The molecule has 1 aromatic rings. The van der Waals surface area contributed by atoms with Gasteiger partial charge in [-0.25, -0.2) is 13.2 Å². The lowest BCUT2D eigenvalue weighted by atomic mass is 9.86. The maximum atomic E-state index is 14.3. The second-order valence-electron chi connectivity index (χ2n) is 6.52. The van der Waals surface area contributed by atoms with Crippen molar-refractivity contribution in [3.63, 3.8) is 0 Å². The summed E-state index contributed by atoms with van der Waals surface area (Å²) < 4.78 is 42.3. The van der Waals surface area contributed by atoms with E-state index < -0.39 is 22.9 Å². The van der Waals surface area contributed by atoms with E-state index in [1.54, 1.807) is 20.8 Å². The Hall–Kier alpha value is -0.210.